The smallest absolute Gasteiger partial charge is 0.412 e. The largest absolute Gasteiger partial charge is 0.445 e. The van der Waals surface area contributed by atoms with Crippen LogP contribution in [0.2, 0.25) is 0 Å². The Morgan fingerprint density at radius 3 is 1.44 bits per heavy atom. The average Bonchev–Trinajstić information content (AvgIpc) is 1.63. The summed E-state index contributed by atoms with van der Waals surface area (Å²) in [6, 6.07) is 54.9. The Kier molecular flexibility index (Phi) is 36.6. The van der Waals surface area contributed by atoms with Gasteiger partial charge in [-0.05, 0) is 52.6 Å². The molecule has 0 bridgehead atoms. The molecule has 5 fully saturated rings. The quantitative estimate of drug-likeness (QED) is 0.0130. The number of hydrogen-bond acceptors (Lipinski definition) is 28. The predicted molar refractivity (Wildman–Crippen MR) is 450 cm³/mol. The number of nitrogens with zero attached hydrogens (tertiary/aromatic N) is 2. The standard InChI is InChI=1S/C92H113N7O28/c1-3-5-44-113-69(48-93-87(107)115-52-58-28-14-7-15-29-58)80(114-45-6-4-2)82(106)94-65-46-66(95-88(108)116-53-59-30-16-8-17-31-59)77(125-84-67(96-89(109)117-54-60-32-18-9-19-33-60)47-68(102)70(121-84)49-98(42-43-100)91(111)119-56-62-36-22-11-23-37-62)81(74(65)103)127-86-76(105)79(72(51-101)123-86)126-85-73(97-90(110)118-55-61-34-20-10-21-35-61)75(104)78-71(122-85)50-99(83(124-78)64-40-26-13-27-41-64)92(112)120-57-63-38-24-12-25-39-63/h7-41,65-81,83-86,100-105H,3-6,42-57H2,1-2H3,(H,93,107)(H,94,106)(H,95,108)(H,96,109)(H,97,110)/t65-,66+,67-,68+,69+,70-,71+,72-,73-,74+,75-,76-,77-,78-,79-,80+,81-,83?,84-,85-,86+/m1/s1. The van der Waals surface area contributed by atoms with E-state index in [1.807, 2.05) is 26.0 Å². The first-order chi connectivity index (χ1) is 61.8. The summed E-state index contributed by atoms with van der Waals surface area (Å²) in [5.74, 6) is -0.911. The van der Waals surface area contributed by atoms with Crippen molar-refractivity contribution in [1.29, 1.82) is 0 Å². The van der Waals surface area contributed by atoms with Crippen LogP contribution in [0.25, 0.3) is 0 Å². The van der Waals surface area contributed by atoms with E-state index in [1.54, 1.807) is 200 Å². The topological polar surface area (TPSA) is 446 Å². The number of carbonyl (C=O) groups excluding carboxylic acids is 7. The molecule has 0 aromatic heterocycles. The number of ether oxygens (including phenoxy) is 15. The Labute approximate surface area is 735 Å². The molecule has 12 rings (SSSR count). The number of nitrogens with one attached hydrogen (secondary N) is 5. The molecule has 1 unspecified atom stereocenters. The summed E-state index contributed by atoms with van der Waals surface area (Å²) in [6.45, 7) is -0.408. The normalized spacial score (nSPS) is 26.0. The lowest BCUT2D eigenvalue weighted by Gasteiger charge is -2.51. The van der Waals surface area contributed by atoms with Crippen LogP contribution in [0.3, 0.4) is 0 Å². The molecule has 127 heavy (non-hydrogen) atoms. The minimum atomic E-state index is -2.14. The van der Waals surface area contributed by atoms with Gasteiger partial charge >= 0.3 is 36.6 Å². The van der Waals surface area contributed by atoms with Gasteiger partial charge in [0.25, 0.3) is 5.91 Å². The van der Waals surface area contributed by atoms with Gasteiger partial charge in [0, 0.05) is 31.7 Å². The highest BCUT2D eigenvalue weighted by Gasteiger charge is 2.58. The van der Waals surface area contributed by atoms with Gasteiger partial charge in [0.05, 0.1) is 57.1 Å². The molecule has 0 spiro atoms. The molecular formula is C92H113N7O28. The van der Waals surface area contributed by atoms with Gasteiger partial charge in [-0.15, -0.1) is 0 Å². The predicted octanol–water partition coefficient (Wildman–Crippen LogP) is 7.58. The number of fused-ring (bicyclic) bond motifs is 1. The summed E-state index contributed by atoms with van der Waals surface area (Å²) in [7, 11) is 0. The summed E-state index contributed by atoms with van der Waals surface area (Å²) in [4.78, 5) is 103. The van der Waals surface area contributed by atoms with Gasteiger partial charge in [0.15, 0.2) is 31.2 Å². The number of benzene rings is 7. The van der Waals surface area contributed by atoms with Gasteiger partial charge in [-0.3, -0.25) is 9.69 Å². The molecule has 7 amide bonds. The number of carbonyl (C=O) groups is 7. The molecule has 4 heterocycles. The maximum atomic E-state index is 15.6. The van der Waals surface area contributed by atoms with Crippen molar-refractivity contribution in [1.82, 2.24) is 36.4 Å². The first kappa shape index (κ1) is 95.1. The zero-order valence-electron chi connectivity index (χ0n) is 70.5. The summed E-state index contributed by atoms with van der Waals surface area (Å²) in [5, 5.41) is 87.4. The molecule has 684 valence electrons. The summed E-state index contributed by atoms with van der Waals surface area (Å²) < 4.78 is 94.4. The lowest BCUT2D eigenvalue weighted by Crippen LogP contribution is -2.69. The SMILES string of the molecule is CCCCO[C@@H](CNC(=O)OCc1ccccc1)[C@H](OCCCC)C(=O)N[C@@H]1C[C@H](NC(=O)OCc2ccccc2)[C@@H](O[C@H]2O[C@H](CN(CCO)C(=O)OCc3ccccc3)[C@@H](O)C[C@H]2NC(=O)OCc2ccccc2)[C@H](O[C@@H]2O[C@H](CO)[C@@H](O[C@H]3O[C@H]4CN(C(=O)OCc5ccccc5)C(c5ccccc5)O[C@H]4[C@H](O)[C@H]3NC(=O)OCc3ccccc3)[C@H]2O)[C@H]1O. The maximum Gasteiger partial charge on any atom is 0.412 e. The van der Waals surface area contributed by atoms with Crippen molar-refractivity contribution in [2.24, 2.45) is 0 Å². The van der Waals surface area contributed by atoms with Crippen molar-refractivity contribution in [3.05, 3.63) is 251 Å². The van der Waals surface area contributed by atoms with E-state index in [1.165, 1.54) is 4.90 Å². The third-order valence-corrected chi connectivity index (χ3v) is 22.0. The number of hydrogen-bond donors (Lipinski definition) is 11. The molecule has 21 atom stereocenters. The number of amides is 7. The number of rotatable bonds is 40. The Bertz CT molecular complexity index is 4500. The maximum absolute atomic E-state index is 15.6. The zero-order chi connectivity index (χ0) is 89.4. The number of alkyl carbamates (subject to hydrolysis) is 4. The number of unbranched alkanes of at least 4 members (excludes halogenated alkanes) is 2. The molecule has 1 aliphatic carbocycles. The van der Waals surface area contributed by atoms with E-state index in [0.717, 1.165) is 4.90 Å². The van der Waals surface area contributed by atoms with E-state index in [0.29, 0.717) is 64.6 Å². The number of aliphatic hydroxyl groups is 6. The monoisotopic (exact) mass is 1760 g/mol. The van der Waals surface area contributed by atoms with Gasteiger partial charge in [0.2, 0.25) is 0 Å². The van der Waals surface area contributed by atoms with Crippen molar-refractivity contribution < 1.29 is 135 Å². The second kappa shape index (κ2) is 48.8. The van der Waals surface area contributed by atoms with Crippen molar-refractivity contribution >= 4 is 42.5 Å². The fraction of sp³-hybridized carbons (Fsp3) is 0.467. The van der Waals surface area contributed by atoms with Gasteiger partial charge in [-0.2, -0.15) is 0 Å². The van der Waals surface area contributed by atoms with Gasteiger partial charge in [-0.25, -0.2) is 28.8 Å². The molecule has 5 aliphatic rings. The fourth-order valence-corrected chi connectivity index (χ4v) is 15.3. The van der Waals surface area contributed by atoms with Gasteiger partial charge in [0.1, 0.15) is 113 Å². The molecule has 4 saturated heterocycles. The van der Waals surface area contributed by atoms with Crippen LogP contribution in [0, 0.1) is 0 Å². The van der Waals surface area contributed by atoms with Crippen molar-refractivity contribution in [2.45, 2.75) is 221 Å². The van der Waals surface area contributed by atoms with Crippen molar-refractivity contribution in [3.8, 4) is 0 Å². The highest BCUT2D eigenvalue weighted by Crippen LogP contribution is 2.41. The van der Waals surface area contributed by atoms with Crippen LogP contribution in [0.5, 0.6) is 0 Å². The molecular weight excluding hydrogens is 1650 g/mol. The molecule has 0 radical (unpaired) electrons. The van der Waals surface area contributed by atoms with E-state index < -0.39 is 204 Å². The lowest BCUT2D eigenvalue weighted by atomic mass is 9.83. The lowest BCUT2D eigenvalue weighted by molar-refractivity contribution is -0.323. The van der Waals surface area contributed by atoms with Crippen LogP contribution in [0.1, 0.15) is 97.5 Å². The van der Waals surface area contributed by atoms with Crippen molar-refractivity contribution in [3.63, 3.8) is 0 Å². The first-order valence-corrected chi connectivity index (χ1v) is 42.7. The van der Waals surface area contributed by atoms with Crippen LogP contribution in [0.15, 0.2) is 212 Å². The molecule has 35 nitrogen and oxygen atoms in total. The van der Waals surface area contributed by atoms with Crippen LogP contribution < -0.4 is 26.6 Å². The van der Waals surface area contributed by atoms with Gasteiger partial charge in [-0.1, -0.05) is 239 Å². The molecule has 1 saturated carbocycles. The van der Waals surface area contributed by atoms with Crippen molar-refractivity contribution in [2.75, 3.05) is 52.6 Å². The van der Waals surface area contributed by atoms with Gasteiger partial charge < -0.3 is 133 Å². The van der Waals surface area contributed by atoms with Crippen LogP contribution in [-0.2, 0) is 115 Å². The Hall–Kier alpha value is -11.0. The van der Waals surface area contributed by atoms with Crippen LogP contribution >= 0.6 is 0 Å². The summed E-state index contributed by atoms with van der Waals surface area (Å²) >= 11 is 0. The van der Waals surface area contributed by atoms with E-state index in [2.05, 4.69) is 26.6 Å². The molecule has 7 aromatic carbocycles. The Morgan fingerprint density at radius 2 is 0.921 bits per heavy atom. The van der Waals surface area contributed by atoms with E-state index in [9.17, 15) is 59.4 Å². The summed E-state index contributed by atoms with van der Waals surface area (Å²) in [6.07, 6.45) is -33.6. The van der Waals surface area contributed by atoms with Crippen LogP contribution in [-0.4, -0.2) is 258 Å². The molecule has 11 N–H and O–H groups in total. The van der Waals surface area contributed by atoms with E-state index >= 15 is 4.79 Å². The third kappa shape index (κ3) is 27.5. The molecule has 35 heteroatoms. The fourth-order valence-electron chi connectivity index (χ4n) is 15.3. The minimum absolute atomic E-state index is 0.0100. The van der Waals surface area contributed by atoms with Crippen LogP contribution in [0.4, 0.5) is 28.8 Å². The molecule has 7 aromatic rings. The Morgan fingerprint density at radius 1 is 0.457 bits per heavy atom. The number of aliphatic hydroxyl groups excluding tert-OH is 6. The highest BCUT2D eigenvalue weighted by atomic mass is 16.8. The first-order valence-electron chi connectivity index (χ1n) is 42.7. The highest BCUT2D eigenvalue weighted by molar-refractivity contribution is 5.82. The Balaban J connectivity index is 0.906. The molecule has 4 aliphatic heterocycles. The second-order valence-corrected chi connectivity index (χ2v) is 31.2. The third-order valence-electron chi connectivity index (χ3n) is 22.0. The van der Waals surface area contributed by atoms with E-state index in [-0.39, 0.29) is 72.5 Å². The average molecular weight is 1760 g/mol. The minimum Gasteiger partial charge on any atom is -0.445 e. The zero-order valence-corrected chi connectivity index (χ0v) is 70.5. The summed E-state index contributed by atoms with van der Waals surface area (Å²) in [5.41, 5.74) is 4.21. The second-order valence-electron chi connectivity index (χ2n) is 31.2. The van der Waals surface area contributed by atoms with E-state index in [4.69, 9.17) is 71.1 Å².